The first-order valence-electron chi connectivity index (χ1n) is 11.4. The number of carbonyl (C=O) groups excluding carboxylic acids is 2. The van der Waals surface area contributed by atoms with E-state index in [-0.39, 0.29) is 24.0 Å². The van der Waals surface area contributed by atoms with Crippen molar-refractivity contribution < 1.29 is 9.59 Å². The third-order valence-corrected chi connectivity index (χ3v) is 6.32. The highest BCUT2D eigenvalue weighted by Crippen LogP contribution is 2.16. The van der Waals surface area contributed by atoms with Crippen LogP contribution in [-0.4, -0.2) is 111 Å². The Bertz CT molecular complexity index is 697. The highest BCUT2D eigenvalue weighted by molar-refractivity contribution is 5.77. The topological polar surface area (TPSA) is 71.2 Å². The quantitative estimate of drug-likeness (QED) is 0.671. The number of urea groups is 1. The van der Waals surface area contributed by atoms with E-state index >= 15 is 0 Å². The van der Waals surface area contributed by atoms with Crippen LogP contribution >= 0.6 is 0 Å². The van der Waals surface area contributed by atoms with Crippen LogP contribution < -0.4 is 10.6 Å². The van der Waals surface area contributed by atoms with Gasteiger partial charge in [-0.1, -0.05) is 30.3 Å². The van der Waals surface area contributed by atoms with Crippen molar-refractivity contribution in [1.82, 2.24) is 30.2 Å². The van der Waals surface area contributed by atoms with Gasteiger partial charge in [-0.3, -0.25) is 14.6 Å². The van der Waals surface area contributed by atoms with Crippen molar-refractivity contribution in [2.45, 2.75) is 24.9 Å². The Labute approximate surface area is 186 Å². The van der Waals surface area contributed by atoms with Gasteiger partial charge in [0.1, 0.15) is 0 Å². The summed E-state index contributed by atoms with van der Waals surface area (Å²) in [5.74, 6) is 0.124. The van der Waals surface area contributed by atoms with Crippen LogP contribution in [0, 0.1) is 0 Å². The van der Waals surface area contributed by atoms with Gasteiger partial charge in [0.05, 0.1) is 12.6 Å². The number of rotatable bonds is 7. The first-order chi connectivity index (χ1) is 14.9. The Hall–Kier alpha value is -2.16. The lowest BCUT2D eigenvalue weighted by atomic mass is 10.0. The molecular formula is C23H38N6O2. The van der Waals surface area contributed by atoms with Gasteiger partial charge in [-0.25, -0.2) is 4.79 Å². The number of hydrogen-bond donors (Lipinski definition) is 2. The zero-order valence-corrected chi connectivity index (χ0v) is 19.2. The van der Waals surface area contributed by atoms with Crippen LogP contribution in [0.25, 0.3) is 0 Å². The number of carbonyl (C=O) groups is 2. The SMILES string of the molecule is CN1CCN(CC(NC(=O)NC2CCN(CC(=O)N(C)C)CC2)c2ccccc2)CC1. The van der Waals surface area contributed by atoms with E-state index in [1.807, 2.05) is 18.2 Å². The van der Waals surface area contributed by atoms with Crippen molar-refractivity contribution in [2.24, 2.45) is 0 Å². The smallest absolute Gasteiger partial charge is 0.315 e. The molecule has 2 saturated heterocycles. The molecule has 0 aromatic heterocycles. The van der Waals surface area contributed by atoms with E-state index in [1.165, 1.54) is 0 Å². The number of piperazine rings is 1. The highest BCUT2D eigenvalue weighted by atomic mass is 16.2. The van der Waals surface area contributed by atoms with Gasteiger partial charge in [0.15, 0.2) is 0 Å². The number of piperidine rings is 1. The average molecular weight is 431 g/mol. The Morgan fingerprint density at radius 1 is 1.00 bits per heavy atom. The Morgan fingerprint density at radius 3 is 2.26 bits per heavy atom. The molecule has 8 heteroatoms. The van der Waals surface area contributed by atoms with E-state index in [0.29, 0.717) is 6.54 Å². The van der Waals surface area contributed by atoms with E-state index in [1.54, 1.807) is 19.0 Å². The minimum absolute atomic E-state index is 0.0394. The zero-order valence-electron chi connectivity index (χ0n) is 19.2. The molecule has 1 aromatic rings. The van der Waals surface area contributed by atoms with Gasteiger partial charge in [-0.2, -0.15) is 0 Å². The minimum Gasteiger partial charge on any atom is -0.348 e. The Balaban J connectivity index is 1.49. The Kier molecular flexibility index (Phi) is 8.69. The molecular weight excluding hydrogens is 392 g/mol. The fourth-order valence-electron chi connectivity index (χ4n) is 4.16. The van der Waals surface area contributed by atoms with E-state index in [0.717, 1.165) is 64.2 Å². The van der Waals surface area contributed by atoms with Crippen molar-refractivity contribution in [2.75, 3.05) is 73.5 Å². The van der Waals surface area contributed by atoms with Gasteiger partial charge in [-0.05, 0) is 25.5 Å². The second-order valence-corrected chi connectivity index (χ2v) is 9.02. The normalized spacial score (nSPS) is 20.2. The summed E-state index contributed by atoms with van der Waals surface area (Å²) < 4.78 is 0. The third kappa shape index (κ3) is 7.48. The van der Waals surface area contributed by atoms with Crippen LogP contribution in [0.2, 0.25) is 0 Å². The number of likely N-dealkylation sites (N-methyl/N-ethyl adjacent to an activating group) is 2. The van der Waals surface area contributed by atoms with Crippen LogP contribution in [0.3, 0.4) is 0 Å². The minimum atomic E-state index is -0.106. The van der Waals surface area contributed by atoms with Crippen molar-refractivity contribution >= 4 is 11.9 Å². The van der Waals surface area contributed by atoms with Gasteiger partial charge >= 0.3 is 6.03 Å². The third-order valence-electron chi connectivity index (χ3n) is 6.32. The lowest BCUT2D eigenvalue weighted by Gasteiger charge is -2.35. The first kappa shape index (κ1) is 23.5. The average Bonchev–Trinajstić information content (AvgIpc) is 2.76. The second kappa shape index (κ2) is 11.5. The standard InChI is InChI=1S/C23H38N6O2/c1-26(2)22(30)18-28-11-9-20(10-12-28)24-23(31)25-21(19-7-5-4-6-8-19)17-29-15-13-27(3)14-16-29/h4-8,20-21H,9-18H2,1-3H3,(H2,24,25,31). The molecule has 2 aliphatic heterocycles. The Morgan fingerprint density at radius 2 is 1.65 bits per heavy atom. The van der Waals surface area contributed by atoms with Gasteiger partial charge in [0.2, 0.25) is 5.91 Å². The molecule has 1 atom stereocenters. The fraction of sp³-hybridized carbons (Fsp3) is 0.652. The van der Waals surface area contributed by atoms with E-state index in [9.17, 15) is 9.59 Å². The van der Waals surface area contributed by atoms with Gasteiger partial charge in [-0.15, -0.1) is 0 Å². The second-order valence-electron chi connectivity index (χ2n) is 9.02. The maximum atomic E-state index is 12.8. The number of benzene rings is 1. The van der Waals surface area contributed by atoms with E-state index in [4.69, 9.17) is 0 Å². The first-order valence-corrected chi connectivity index (χ1v) is 11.4. The molecule has 2 N–H and O–H groups in total. The molecule has 2 aliphatic rings. The molecule has 1 aromatic carbocycles. The van der Waals surface area contributed by atoms with Gasteiger partial charge in [0.25, 0.3) is 0 Å². The summed E-state index contributed by atoms with van der Waals surface area (Å²) in [5, 5.41) is 6.38. The van der Waals surface area contributed by atoms with Crippen molar-refractivity contribution in [3.63, 3.8) is 0 Å². The number of hydrogen-bond acceptors (Lipinski definition) is 5. The molecule has 31 heavy (non-hydrogen) atoms. The van der Waals surface area contributed by atoms with Gasteiger partial charge in [0, 0.05) is 66.0 Å². The van der Waals surface area contributed by atoms with Crippen molar-refractivity contribution in [3.05, 3.63) is 35.9 Å². The van der Waals surface area contributed by atoms with Gasteiger partial charge < -0.3 is 20.4 Å². The van der Waals surface area contributed by atoms with Crippen LogP contribution in [-0.2, 0) is 4.79 Å². The zero-order chi connectivity index (χ0) is 22.2. The van der Waals surface area contributed by atoms with E-state index in [2.05, 4.69) is 44.5 Å². The summed E-state index contributed by atoms with van der Waals surface area (Å²) in [6.07, 6.45) is 1.73. The van der Waals surface area contributed by atoms with Crippen molar-refractivity contribution in [3.8, 4) is 0 Å². The lowest BCUT2D eigenvalue weighted by molar-refractivity contribution is -0.130. The number of nitrogens with zero attached hydrogens (tertiary/aromatic N) is 4. The predicted octanol–water partition coefficient (Wildman–Crippen LogP) is 0.827. The monoisotopic (exact) mass is 430 g/mol. The number of nitrogens with one attached hydrogen (secondary N) is 2. The van der Waals surface area contributed by atoms with E-state index < -0.39 is 0 Å². The largest absolute Gasteiger partial charge is 0.348 e. The molecule has 2 heterocycles. The summed E-state index contributed by atoms with van der Waals surface area (Å²) in [6, 6.07) is 10.2. The molecule has 0 bridgehead atoms. The molecule has 3 rings (SSSR count). The molecule has 1 unspecified atom stereocenters. The molecule has 0 radical (unpaired) electrons. The molecule has 0 aliphatic carbocycles. The molecule has 0 saturated carbocycles. The molecule has 0 spiro atoms. The molecule has 3 amide bonds. The fourth-order valence-corrected chi connectivity index (χ4v) is 4.16. The number of likely N-dealkylation sites (tertiary alicyclic amines) is 1. The summed E-state index contributed by atoms with van der Waals surface area (Å²) in [5.41, 5.74) is 1.13. The maximum absolute atomic E-state index is 12.8. The van der Waals surface area contributed by atoms with Crippen LogP contribution in [0.15, 0.2) is 30.3 Å². The van der Waals surface area contributed by atoms with Crippen LogP contribution in [0.5, 0.6) is 0 Å². The summed E-state index contributed by atoms with van der Waals surface area (Å²) in [6.45, 7) is 7.08. The molecule has 2 fully saturated rings. The van der Waals surface area contributed by atoms with Crippen LogP contribution in [0.1, 0.15) is 24.4 Å². The van der Waals surface area contributed by atoms with Crippen molar-refractivity contribution in [1.29, 1.82) is 0 Å². The maximum Gasteiger partial charge on any atom is 0.315 e. The summed E-state index contributed by atoms with van der Waals surface area (Å²) in [7, 11) is 5.72. The summed E-state index contributed by atoms with van der Waals surface area (Å²) in [4.78, 5) is 33.3. The van der Waals surface area contributed by atoms with Crippen LogP contribution in [0.4, 0.5) is 4.79 Å². The number of amides is 3. The molecule has 172 valence electrons. The highest BCUT2D eigenvalue weighted by Gasteiger charge is 2.25. The lowest BCUT2D eigenvalue weighted by Crippen LogP contribution is -2.52. The summed E-state index contributed by atoms with van der Waals surface area (Å²) >= 11 is 0. The molecule has 8 nitrogen and oxygen atoms in total. The predicted molar refractivity (Wildman–Crippen MR) is 123 cm³/mol.